The molecule has 0 unspecified atom stereocenters. The van der Waals surface area contributed by atoms with E-state index in [1.807, 2.05) is 12.1 Å². The van der Waals surface area contributed by atoms with E-state index in [1.54, 1.807) is 7.11 Å². The molecule has 0 radical (unpaired) electrons. The molecule has 3 aliphatic carbocycles. The third-order valence-corrected chi connectivity index (χ3v) is 7.50. The van der Waals surface area contributed by atoms with Crippen LogP contribution in [0.5, 0.6) is 5.75 Å². The molecule has 138 valence electrons. The van der Waals surface area contributed by atoms with Gasteiger partial charge < -0.3 is 9.84 Å². The summed E-state index contributed by atoms with van der Waals surface area (Å²) in [5.41, 5.74) is 6.06. The van der Waals surface area contributed by atoms with Gasteiger partial charge in [0.25, 0.3) is 0 Å². The molecule has 4 heteroatoms. The van der Waals surface area contributed by atoms with Crippen LogP contribution in [0, 0.1) is 11.8 Å². The van der Waals surface area contributed by atoms with E-state index in [9.17, 15) is 5.11 Å². The fraction of sp³-hybridized carbons (Fsp3) is 0.591. The molecule has 1 fully saturated rings. The second-order valence-corrected chi connectivity index (χ2v) is 8.69. The number of fused-ring (bicyclic) bond motifs is 7. The first-order valence-corrected chi connectivity index (χ1v) is 9.97. The van der Waals surface area contributed by atoms with Crippen molar-refractivity contribution >= 4 is 0 Å². The molecule has 4 nitrogen and oxygen atoms in total. The zero-order valence-corrected chi connectivity index (χ0v) is 15.7. The fourth-order valence-corrected chi connectivity index (χ4v) is 6.38. The third-order valence-electron chi connectivity index (χ3n) is 7.50. The molecule has 2 aromatic rings. The molecule has 4 atom stereocenters. The smallest absolute Gasteiger partial charge is 0.115 e. The molecule has 0 aliphatic heterocycles. The number of phenols is 1. The number of aromatic hydroxyl groups is 1. The predicted octanol–water partition coefficient (Wildman–Crippen LogP) is 3.81. The number of hydrogen-bond donors (Lipinski definition) is 1. The van der Waals surface area contributed by atoms with Crippen LogP contribution >= 0.6 is 0 Å². The van der Waals surface area contributed by atoms with Gasteiger partial charge >= 0.3 is 0 Å². The molecule has 1 heterocycles. The van der Waals surface area contributed by atoms with Crippen molar-refractivity contribution in [3.05, 3.63) is 46.8 Å². The van der Waals surface area contributed by atoms with E-state index >= 15 is 0 Å². The van der Waals surface area contributed by atoms with Crippen molar-refractivity contribution in [2.75, 3.05) is 13.7 Å². The minimum absolute atomic E-state index is 0.245. The van der Waals surface area contributed by atoms with E-state index in [2.05, 4.69) is 29.0 Å². The van der Waals surface area contributed by atoms with Crippen molar-refractivity contribution in [1.29, 1.82) is 0 Å². The molecule has 0 saturated heterocycles. The van der Waals surface area contributed by atoms with E-state index in [0.29, 0.717) is 17.6 Å². The van der Waals surface area contributed by atoms with Crippen LogP contribution in [0.25, 0.3) is 0 Å². The summed E-state index contributed by atoms with van der Waals surface area (Å²) < 4.78 is 7.51. The number of methoxy groups -OCH3 is 1. The summed E-state index contributed by atoms with van der Waals surface area (Å²) in [5.74, 6) is 2.52. The van der Waals surface area contributed by atoms with Crippen LogP contribution in [0.3, 0.4) is 0 Å². The van der Waals surface area contributed by atoms with Gasteiger partial charge in [-0.25, -0.2) is 0 Å². The van der Waals surface area contributed by atoms with E-state index in [-0.39, 0.29) is 5.41 Å². The number of rotatable bonds is 3. The third kappa shape index (κ3) is 2.21. The van der Waals surface area contributed by atoms with Gasteiger partial charge in [0.15, 0.2) is 0 Å². The Morgan fingerprint density at radius 2 is 2.19 bits per heavy atom. The SMILES string of the molecule is COCCn1ncc2c1[C@@]1(C)CC[C@@H]3c4ccc(O)cc4CC[C@H]3[C@@H]1C2. The van der Waals surface area contributed by atoms with Gasteiger partial charge in [-0.05, 0) is 78.7 Å². The summed E-state index contributed by atoms with van der Waals surface area (Å²) in [6.07, 6.45) is 8.10. The molecule has 3 aliphatic rings. The molecule has 5 rings (SSSR count). The molecule has 26 heavy (non-hydrogen) atoms. The van der Waals surface area contributed by atoms with Gasteiger partial charge in [0, 0.05) is 18.2 Å². The molecule has 1 saturated carbocycles. The highest BCUT2D eigenvalue weighted by molar-refractivity contribution is 5.43. The number of phenolic OH excluding ortho intramolecular Hbond substituents is 1. The van der Waals surface area contributed by atoms with Gasteiger partial charge in [-0.3, -0.25) is 4.68 Å². The van der Waals surface area contributed by atoms with E-state index in [4.69, 9.17) is 4.74 Å². The van der Waals surface area contributed by atoms with Crippen LogP contribution < -0.4 is 0 Å². The number of aryl methyl sites for hydroxylation is 1. The quantitative estimate of drug-likeness (QED) is 0.914. The molecule has 1 aromatic heterocycles. The second kappa shape index (κ2) is 5.85. The molecule has 0 amide bonds. The lowest BCUT2D eigenvalue weighted by molar-refractivity contribution is 0.0978. The lowest BCUT2D eigenvalue weighted by atomic mass is 9.55. The van der Waals surface area contributed by atoms with Gasteiger partial charge in [0.2, 0.25) is 0 Å². The Kier molecular flexibility index (Phi) is 3.68. The summed E-state index contributed by atoms with van der Waals surface area (Å²) in [5, 5.41) is 14.5. The summed E-state index contributed by atoms with van der Waals surface area (Å²) in [7, 11) is 1.76. The average molecular weight is 352 g/mol. The summed E-state index contributed by atoms with van der Waals surface area (Å²) in [6.45, 7) is 4.05. The van der Waals surface area contributed by atoms with Crippen molar-refractivity contribution in [3.63, 3.8) is 0 Å². The standard InChI is InChI=1S/C22H28N2O2/c1-22-8-7-18-17-6-4-16(25)11-14(17)3-5-19(18)20(22)12-15-13-23-24(21(15)22)9-10-26-2/h4,6,11,13,18-20,25H,3,5,7-10,12H2,1-2H3/t18-,19-,20+,22+/m1/s1. The maximum Gasteiger partial charge on any atom is 0.115 e. The monoisotopic (exact) mass is 352 g/mol. The fourth-order valence-electron chi connectivity index (χ4n) is 6.38. The maximum atomic E-state index is 9.85. The van der Waals surface area contributed by atoms with Gasteiger partial charge in [-0.2, -0.15) is 5.10 Å². The first-order chi connectivity index (χ1) is 12.6. The van der Waals surface area contributed by atoms with Crippen LogP contribution in [0.15, 0.2) is 24.4 Å². The van der Waals surface area contributed by atoms with Crippen molar-refractivity contribution in [2.45, 2.75) is 56.9 Å². The van der Waals surface area contributed by atoms with Crippen molar-refractivity contribution in [1.82, 2.24) is 9.78 Å². The van der Waals surface area contributed by atoms with Crippen LogP contribution in [-0.2, 0) is 29.5 Å². The summed E-state index contributed by atoms with van der Waals surface area (Å²) in [4.78, 5) is 0. The van der Waals surface area contributed by atoms with E-state index in [0.717, 1.165) is 25.5 Å². The highest BCUT2D eigenvalue weighted by atomic mass is 16.5. The predicted molar refractivity (Wildman–Crippen MR) is 101 cm³/mol. The van der Waals surface area contributed by atoms with Crippen LogP contribution in [0.1, 0.15) is 54.5 Å². The van der Waals surface area contributed by atoms with Crippen LogP contribution in [0.2, 0.25) is 0 Å². The highest BCUT2D eigenvalue weighted by Crippen LogP contribution is 2.60. The van der Waals surface area contributed by atoms with Crippen LogP contribution in [-0.4, -0.2) is 28.6 Å². The highest BCUT2D eigenvalue weighted by Gasteiger charge is 2.54. The topological polar surface area (TPSA) is 47.3 Å². The van der Waals surface area contributed by atoms with Crippen molar-refractivity contribution < 1.29 is 9.84 Å². The summed E-state index contributed by atoms with van der Waals surface area (Å²) in [6, 6.07) is 6.05. The number of hydrogen-bond acceptors (Lipinski definition) is 3. The molecule has 0 spiro atoms. The molecule has 1 N–H and O–H groups in total. The van der Waals surface area contributed by atoms with Gasteiger partial charge in [0.1, 0.15) is 5.75 Å². The second-order valence-electron chi connectivity index (χ2n) is 8.69. The van der Waals surface area contributed by atoms with E-state index in [1.165, 1.54) is 48.1 Å². The molecular formula is C22H28N2O2. The Morgan fingerprint density at radius 1 is 1.31 bits per heavy atom. The lowest BCUT2D eigenvalue weighted by Gasteiger charge is -2.49. The Hall–Kier alpha value is -1.81. The zero-order valence-electron chi connectivity index (χ0n) is 15.7. The number of aromatic nitrogens is 2. The Labute approximate surface area is 155 Å². The van der Waals surface area contributed by atoms with E-state index < -0.39 is 0 Å². The van der Waals surface area contributed by atoms with Gasteiger partial charge in [-0.1, -0.05) is 13.0 Å². The zero-order chi connectivity index (χ0) is 17.9. The minimum Gasteiger partial charge on any atom is -0.508 e. The average Bonchev–Trinajstić information content (AvgIpc) is 3.17. The Balaban J connectivity index is 1.49. The summed E-state index contributed by atoms with van der Waals surface area (Å²) >= 11 is 0. The van der Waals surface area contributed by atoms with Crippen LogP contribution in [0.4, 0.5) is 0 Å². The Bertz CT molecular complexity index is 843. The minimum atomic E-state index is 0.245. The Morgan fingerprint density at radius 3 is 3.04 bits per heavy atom. The number of nitrogens with zero attached hydrogens (tertiary/aromatic N) is 2. The van der Waals surface area contributed by atoms with Gasteiger partial charge in [0.05, 0.1) is 19.3 Å². The first-order valence-electron chi connectivity index (χ1n) is 9.97. The first kappa shape index (κ1) is 16.4. The number of benzene rings is 1. The van der Waals surface area contributed by atoms with Crippen molar-refractivity contribution in [3.8, 4) is 5.75 Å². The molecular weight excluding hydrogens is 324 g/mol. The normalized spacial score (nSPS) is 31.8. The van der Waals surface area contributed by atoms with Gasteiger partial charge in [-0.15, -0.1) is 0 Å². The maximum absolute atomic E-state index is 9.85. The largest absolute Gasteiger partial charge is 0.508 e. The lowest BCUT2D eigenvalue weighted by Crippen LogP contribution is -2.44. The molecule has 0 bridgehead atoms. The number of ether oxygens (including phenoxy) is 1. The van der Waals surface area contributed by atoms with Crippen molar-refractivity contribution in [2.24, 2.45) is 11.8 Å². The molecule has 1 aromatic carbocycles.